The minimum Gasteiger partial charge on any atom is -0.493 e. The van der Waals surface area contributed by atoms with Gasteiger partial charge in [-0.2, -0.15) is 5.10 Å². The standard InChI is InChI=1S/C24H22N4O5/c1-14-11-16(24(30)33-4)5-7-17(14)26-23(29)18-13-22-25-10-9-19(28(22)27-18)15-6-8-20(31-2)21(12-15)32-3/h5-13H,1-4H3,(H,26,29). The van der Waals surface area contributed by atoms with Crippen molar-refractivity contribution in [3.05, 3.63) is 71.5 Å². The van der Waals surface area contributed by atoms with Crippen LogP contribution in [0.4, 0.5) is 5.69 Å². The lowest BCUT2D eigenvalue weighted by Crippen LogP contribution is -2.14. The van der Waals surface area contributed by atoms with Crippen LogP contribution in [0.1, 0.15) is 26.4 Å². The number of fused-ring (bicyclic) bond motifs is 1. The number of carbonyl (C=O) groups excluding carboxylic acids is 2. The van der Waals surface area contributed by atoms with Crippen molar-refractivity contribution in [3.63, 3.8) is 0 Å². The largest absolute Gasteiger partial charge is 0.493 e. The highest BCUT2D eigenvalue weighted by atomic mass is 16.5. The minimum atomic E-state index is -0.440. The maximum Gasteiger partial charge on any atom is 0.337 e. The summed E-state index contributed by atoms with van der Waals surface area (Å²) in [5.74, 6) is 0.356. The van der Waals surface area contributed by atoms with E-state index >= 15 is 0 Å². The zero-order valence-electron chi connectivity index (χ0n) is 18.6. The number of aryl methyl sites for hydroxylation is 1. The average Bonchev–Trinajstić information content (AvgIpc) is 3.29. The number of ether oxygens (including phenoxy) is 3. The average molecular weight is 446 g/mol. The highest BCUT2D eigenvalue weighted by molar-refractivity contribution is 6.04. The maximum absolute atomic E-state index is 12.9. The van der Waals surface area contributed by atoms with Crippen LogP contribution in [-0.4, -0.2) is 47.8 Å². The van der Waals surface area contributed by atoms with Crippen LogP contribution in [0.25, 0.3) is 16.9 Å². The summed E-state index contributed by atoms with van der Waals surface area (Å²) in [6, 6.07) is 13.8. The molecule has 0 aliphatic heterocycles. The predicted octanol–water partition coefficient (Wildman–Crippen LogP) is 3.76. The molecule has 0 atom stereocenters. The van der Waals surface area contributed by atoms with Gasteiger partial charge in [0.2, 0.25) is 0 Å². The number of hydrogen-bond donors (Lipinski definition) is 1. The van der Waals surface area contributed by atoms with E-state index in [-0.39, 0.29) is 5.69 Å². The van der Waals surface area contributed by atoms with Crippen LogP contribution < -0.4 is 14.8 Å². The van der Waals surface area contributed by atoms with Gasteiger partial charge >= 0.3 is 5.97 Å². The van der Waals surface area contributed by atoms with Crippen LogP contribution in [0.2, 0.25) is 0 Å². The Morgan fingerprint density at radius 2 is 1.73 bits per heavy atom. The van der Waals surface area contributed by atoms with Gasteiger partial charge in [-0.05, 0) is 55.0 Å². The second-order valence-corrected chi connectivity index (χ2v) is 7.17. The Morgan fingerprint density at radius 1 is 0.939 bits per heavy atom. The van der Waals surface area contributed by atoms with Crippen molar-refractivity contribution in [1.82, 2.24) is 14.6 Å². The highest BCUT2D eigenvalue weighted by Crippen LogP contribution is 2.32. The van der Waals surface area contributed by atoms with E-state index < -0.39 is 11.9 Å². The molecule has 2 heterocycles. The molecule has 33 heavy (non-hydrogen) atoms. The third-order valence-corrected chi connectivity index (χ3v) is 5.17. The fourth-order valence-corrected chi connectivity index (χ4v) is 3.46. The van der Waals surface area contributed by atoms with Crippen molar-refractivity contribution in [2.24, 2.45) is 0 Å². The fraction of sp³-hybridized carbons (Fsp3) is 0.167. The van der Waals surface area contributed by atoms with E-state index in [0.717, 1.165) is 16.8 Å². The lowest BCUT2D eigenvalue weighted by Gasteiger charge is -2.10. The number of hydrogen-bond acceptors (Lipinski definition) is 7. The quantitative estimate of drug-likeness (QED) is 0.450. The van der Waals surface area contributed by atoms with Gasteiger partial charge < -0.3 is 19.5 Å². The van der Waals surface area contributed by atoms with Gasteiger partial charge in [0, 0.05) is 23.5 Å². The third kappa shape index (κ3) is 4.20. The molecule has 0 aliphatic rings. The first kappa shape index (κ1) is 21.8. The molecule has 4 rings (SSSR count). The number of nitrogens with zero attached hydrogens (tertiary/aromatic N) is 3. The zero-order valence-corrected chi connectivity index (χ0v) is 18.6. The molecule has 9 nitrogen and oxygen atoms in total. The summed E-state index contributed by atoms with van der Waals surface area (Å²) >= 11 is 0. The number of rotatable bonds is 6. The van der Waals surface area contributed by atoms with Crippen molar-refractivity contribution >= 4 is 23.2 Å². The predicted molar refractivity (Wildman–Crippen MR) is 122 cm³/mol. The molecule has 0 unspecified atom stereocenters. The molecule has 0 fully saturated rings. The molecule has 0 radical (unpaired) electrons. The monoisotopic (exact) mass is 446 g/mol. The molecule has 2 aromatic carbocycles. The summed E-state index contributed by atoms with van der Waals surface area (Å²) in [5, 5.41) is 7.30. The van der Waals surface area contributed by atoms with Crippen molar-refractivity contribution in [3.8, 4) is 22.8 Å². The molecule has 4 aromatic rings. The van der Waals surface area contributed by atoms with E-state index in [4.69, 9.17) is 14.2 Å². The van der Waals surface area contributed by atoms with Gasteiger partial charge in [-0.15, -0.1) is 0 Å². The Labute approximate surface area is 189 Å². The van der Waals surface area contributed by atoms with Crippen LogP contribution in [0.5, 0.6) is 11.5 Å². The van der Waals surface area contributed by atoms with E-state index in [0.29, 0.717) is 28.4 Å². The lowest BCUT2D eigenvalue weighted by molar-refractivity contribution is 0.0600. The topological polar surface area (TPSA) is 104 Å². The number of aromatic nitrogens is 3. The van der Waals surface area contributed by atoms with E-state index in [1.165, 1.54) is 7.11 Å². The van der Waals surface area contributed by atoms with Crippen LogP contribution in [0, 0.1) is 6.92 Å². The van der Waals surface area contributed by atoms with Gasteiger partial charge in [0.25, 0.3) is 5.91 Å². The molecule has 0 saturated carbocycles. The Balaban J connectivity index is 1.65. The number of nitrogens with one attached hydrogen (secondary N) is 1. The van der Waals surface area contributed by atoms with E-state index in [2.05, 4.69) is 15.4 Å². The second kappa shape index (κ2) is 8.99. The molecule has 1 N–H and O–H groups in total. The molecule has 0 bridgehead atoms. The summed E-state index contributed by atoms with van der Waals surface area (Å²) in [6.45, 7) is 1.79. The molecule has 2 aromatic heterocycles. The van der Waals surface area contributed by atoms with Crippen LogP contribution in [0.3, 0.4) is 0 Å². The van der Waals surface area contributed by atoms with E-state index in [9.17, 15) is 9.59 Å². The van der Waals surface area contributed by atoms with Crippen LogP contribution in [-0.2, 0) is 4.74 Å². The number of anilines is 1. The number of benzene rings is 2. The lowest BCUT2D eigenvalue weighted by atomic mass is 10.1. The van der Waals surface area contributed by atoms with E-state index in [1.807, 2.05) is 12.1 Å². The zero-order chi connectivity index (χ0) is 23.5. The second-order valence-electron chi connectivity index (χ2n) is 7.17. The number of methoxy groups -OCH3 is 3. The summed E-state index contributed by atoms with van der Waals surface area (Å²) in [7, 11) is 4.46. The third-order valence-electron chi connectivity index (χ3n) is 5.17. The Morgan fingerprint density at radius 3 is 2.42 bits per heavy atom. The highest BCUT2D eigenvalue weighted by Gasteiger charge is 2.17. The smallest absolute Gasteiger partial charge is 0.337 e. The summed E-state index contributed by atoms with van der Waals surface area (Å²) in [6.07, 6.45) is 1.65. The Hall–Kier alpha value is -4.40. The SMILES string of the molecule is COC(=O)c1ccc(NC(=O)c2cc3nccc(-c4ccc(OC)c(OC)c4)n3n2)c(C)c1. The van der Waals surface area contributed by atoms with Crippen LogP contribution in [0.15, 0.2) is 54.7 Å². The van der Waals surface area contributed by atoms with Crippen molar-refractivity contribution in [2.45, 2.75) is 6.92 Å². The molecule has 168 valence electrons. The molecule has 0 saturated heterocycles. The number of carbonyl (C=O) groups is 2. The minimum absolute atomic E-state index is 0.201. The van der Waals surface area contributed by atoms with E-state index in [1.54, 1.807) is 68.3 Å². The fourth-order valence-electron chi connectivity index (χ4n) is 3.46. The molecular formula is C24H22N4O5. The first-order valence-electron chi connectivity index (χ1n) is 10.0. The molecular weight excluding hydrogens is 424 g/mol. The van der Waals surface area contributed by atoms with Gasteiger partial charge in [-0.1, -0.05) is 0 Å². The van der Waals surface area contributed by atoms with Crippen LogP contribution >= 0.6 is 0 Å². The van der Waals surface area contributed by atoms with Crippen molar-refractivity contribution < 1.29 is 23.8 Å². The van der Waals surface area contributed by atoms with Gasteiger partial charge in [0.1, 0.15) is 0 Å². The molecule has 0 spiro atoms. The Bertz CT molecular complexity index is 1360. The molecule has 1 amide bonds. The van der Waals surface area contributed by atoms with Gasteiger partial charge in [0.15, 0.2) is 22.8 Å². The maximum atomic E-state index is 12.9. The van der Waals surface area contributed by atoms with Crippen molar-refractivity contribution in [2.75, 3.05) is 26.6 Å². The number of esters is 1. The van der Waals surface area contributed by atoms with Gasteiger partial charge in [0.05, 0.1) is 32.6 Å². The normalized spacial score (nSPS) is 10.7. The molecule has 9 heteroatoms. The summed E-state index contributed by atoms with van der Waals surface area (Å²) in [4.78, 5) is 28.9. The summed E-state index contributed by atoms with van der Waals surface area (Å²) < 4.78 is 17.0. The number of amides is 1. The van der Waals surface area contributed by atoms with Gasteiger partial charge in [-0.3, -0.25) is 4.79 Å². The molecule has 0 aliphatic carbocycles. The first-order chi connectivity index (χ1) is 15.9. The Kier molecular flexibility index (Phi) is 5.95. The van der Waals surface area contributed by atoms with Crippen molar-refractivity contribution in [1.29, 1.82) is 0 Å². The first-order valence-corrected chi connectivity index (χ1v) is 10.0. The summed E-state index contributed by atoms with van der Waals surface area (Å²) in [5.41, 5.74) is 3.97. The van der Waals surface area contributed by atoms with Gasteiger partial charge in [-0.25, -0.2) is 14.3 Å².